The van der Waals surface area contributed by atoms with Gasteiger partial charge >= 0.3 is 5.97 Å². The van der Waals surface area contributed by atoms with Gasteiger partial charge in [0.15, 0.2) is 5.65 Å². The Kier molecular flexibility index (Phi) is 4.66. The first-order valence-corrected chi connectivity index (χ1v) is 9.68. The predicted molar refractivity (Wildman–Crippen MR) is 101 cm³/mol. The third kappa shape index (κ3) is 3.08. The number of rotatable bonds is 4. The highest BCUT2D eigenvalue weighted by Crippen LogP contribution is 2.35. The maximum atomic E-state index is 11.9. The van der Waals surface area contributed by atoms with Crippen LogP contribution in [0.25, 0.3) is 16.7 Å². The van der Waals surface area contributed by atoms with E-state index in [0.717, 1.165) is 49.0 Å². The fourth-order valence-electron chi connectivity index (χ4n) is 4.23. The van der Waals surface area contributed by atoms with Crippen LogP contribution in [0.15, 0.2) is 18.2 Å². The Bertz CT molecular complexity index is 849. The molecule has 1 saturated carbocycles. The van der Waals surface area contributed by atoms with Gasteiger partial charge in [-0.05, 0) is 56.7 Å². The van der Waals surface area contributed by atoms with Gasteiger partial charge in [0.2, 0.25) is 5.95 Å². The van der Waals surface area contributed by atoms with Crippen LogP contribution >= 0.6 is 0 Å². The van der Waals surface area contributed by atoms with Crippen molar-refractivity contribution >= 4 is 28.7 Å². The average molecular weight is 354 g/mol. The normalized spacial score (nSPS) is 21.1. The van der Waals surface area contributed by atoms with E-state index in [-0.39, 0.29) is 11.9 Å². The van der Waals surface area contributed by atoms with Gasteiger partial charge < -0.3 is 10.5 Å². The number of nitrogens with two attached hydrogens (primary N) is 1. The summed E-state index contributed by atoms with van der Waals surface area (Å²) in [7, 11) is 0. The summed E-state index contributed by atoms with van der Waals surface area (Å²) in [5.74, 6) is 0.455. The zero-order chi connectivity index (χ0) is 18.1. The molecule has 6 nitrogen and oxygen atoms in total. The molecular formula is C20H26N4O2. The fourth-order valence-corrected chi connectivity index (χ4v) is 4.23. The monoisotopic (exact) mass is 354 g/mol. The van der Waals surface area contributed by atoms with E-state index >= 15 is 0 Å². The van der Waals surface area contributed by atoms with Gasteiger partial charge in [-0.2, -0.15) is 0 Å². The number of hydrogen-bond acceptors (Lipinski definition) is 5. The van der Waals surface area contributed by atoms with E-state index in [1.54, 1.807) is 0 Å². The smallest absolute Gasteiger partial charge is 0.309 e. The molecule has 2 aliphatic rings. The maximum Gasteiger partial charge on any atom is 0.309 e. The topological polar surface area (TPSA) is 83.0 Å². The minimum absolute atomic E-state index is 0.0258. The van der Waals surface area contributed by atoms with Crippen molar-refractivity contribution in [2.75, 3.05) is 12.3 Å². The minimum atomic E-state index is -0.0849. The Labute approximate surface area is 153 Å². The molecule has 0 aromatic carbocycles. The average Bonchev–Trinajstić information content (AvgIpc) is 3.28. The van der Waals surface area contributed by atoms with Gasteiger partial charge in [-0.1, -0.05) is 18.9 Å². The predicted octanol–water partition coefficient (Wildman–Crippen LogP) is 3.88. The van der Waals surface area contributed by atoms with Crippen molar-refractivity contribution in [3.8, 4) is 0 Å². The number of nitrogen functional groups attached to an aromatic ring is 1. The van der Waals surface area contributed by atoms with Gasteiger partial charge in [0, 0.05) is 6.04 Å². The zero-order valence-electron chi connectivity index (χ0n) is 15.3. The van der Waals surface area contributed by atoms with E-state index in [4.69, 9.17) is 15.5 Å². The number of fused-ring (bicyclic) bond motifs is 1. The van der Waals surface area contributed by atoms with Crippen LogP contribution in [0.3, 0.4) is 0 Å². The third-order valence-corrected chi connectivity index (χ3v) is 5.61. The van der Waals surface area contributed by atoms with E-state index in [0.29, 0.717) is 18.6 Å². The Balaban J connectivity index is 1.61. The number of carbonyl (C=O) groups is 1. The third-order valence-electron chi connectivity index (χ3n) is 5.61. The maximum absolute atomic E-state index is 11.9. The van der Waals surface area contributed by atoms with Crippen LogP contribution in [0.2, 0.25) is 0 Å². The lowest BCUT2D eigenvalue weighted by molar-refractivity contribution is -0.148. The van der Waals surface area contributed by atoms with Gasteiger partial charge in [-0.3, -0.25) is 9.36 Å². The van der Waals surface area contributed by atoms with Crippen molar-refractivity contribution < 1.29 is 9.53 Å². The summed E-state index contributed by atoms with van der Waals surface area (Å²) in [5, 5.41) is 0. The second-order valence-corrected chi connectivity index (χ2v) is 7.27. The summed E-state index contributed by atoms with van der Waals surface area (Å²) in [4.78, 5) is 21.3. The molecule has 0 spiro atoms. The number of pyridine rings is 1. The number of allylic oxidation sites excluding steroid dienone is 2. The van der Waals surface area contributed by atoms with E-state index in [2.05, 4.69) is 15.6 Å². The number of aromatic nitrogens is 3. The number of ether oxygens (including phenoxy) is 1. The van der Waals surface area contributed by atoms with E-state index in [9.17, 15) is 4.79 Å². The van der Waals surface area contributed by atoms with Gasteiger partial charge in [-0.25, -0.2) is 9.97 Å². The Hall–Kier alpha value is -2.37. The van der Waals surface area contributed by atoms with Crippen LogP contribution in [0.4, 0.5) is 5.95 Å². The molecule has 0 amide bonds. The standard InChI is InChI=1S/C20H26N4O2/c1-2-26-19(25)14-9-7-13(8-10-14)16-11-12-17-18(22-16)24(20(21)23-17)15-5-3-4-6-15/h7,11-12,14-15H,2-6,8-10H2,1H3,(H2,21,23). The number of hydrogen-bond donors (Lipinski definition) is 1. The molecule has 2 aromatic heterocycles. The quantitative estimate of drug-likeness (QED) is 0.843. The zero-order valence-corrected chi connectivity index (χ0v) is 15.3. The van der Waals surface area contributed by atoms with Crippen LogP contribution in [0.1, 0.15) is 63.6 Å². The highest BCUT2D eigenvalue weighted by molar-refractivity contribution is 5.79. The SMILES string of the molecule is CCOC(=O)C1CC=C(c2ccc3nc(N)n(C4CCCC4)c3n2)CC1. The molecule has 2 heterocycles. The van der Waals surface area contributed by atoms with E-state index in [1.807, 2.05) is 19.1 Å². The molecule has 0 saturated heterocycles. The van der Waals surface area contributed by atoms with Crippen molar-refractivity contribution in [1.29, 1.82) is 0 Å². The Morgan fingerprint density at radius 2 is 2.08 bits per heavy atom. The highest BCUT2D eigenvalue weighted by atomic mass is 16.5. The lowest BCUT2D eigenvalue weighted by Crippen LogP contribution is -2.19. The van der Waals surface area contributed by atoms with Crippen LogP contribution in [-0.4, -0.2) is 27.1 Å². The molecule has 0 radical (unpaired) electrons. The lowest BCUT2D eigenvalue weighted by atomic mass is 9.88. The van der Waals surface area contributed by atoms with Crippen molar-refractivity contribution in [1.82, 2.24) is 14.5 Å². The second kappa shape index (κ2) is 7.09. The molecule has 1 fully saturated rings. The molecule has 6 heteroatoms. The molecule has 1 unspecified atom stereocenters. The molecule has 0 aliphatic heterocycles. The van der Waals surface area contributed by atoms with Gasteiger partial charge in [0.1, 0.15) is 5.52 Å². The minimum Gasteiger partial charge on any atom is -0.466 e. The Morgan fingerprint density at radius 1 is 1.27 bits per heavy atom. The molecule has 2 aliphatic carbocycles. The first kappa shape index (κ1) is 17.1. The summed E-state index contributed by atoms with van der Waals surface area (Å²) in [6.45, 7) is 2.29. The number of anilines is 1. The summed E-state index contributed by atoms with van der Waals surface area (Å²) in [6.07, 6.45) is 9.28. The van der Waals surface area contributed by atoms with Crippen LogP contribution in [-0.2, 0) is 9.53 Å². The highest BCUT2D eigenvalue weighted by Gasteiger charge is 2.25. The number of nitrogens with zero attached hydrogens (tertiary/aromatic N) is 3. The van der Waals surface area contributed by atoms with Crippen molar-refractivity contribution in [2.45, 2.75) is 57.9 Å². The largest absolute Gasteiger partial charge is 0.466 e. The number of imidazole rings is 1. The summed E-state index contributed by atoms with van der Waals surface area (Å²) >= 11 is 0. The molecular weight excluding hydrogens is 328 g/mol. The van der Waals surface area contributed by atoms with Crippen LogP contribution in [0, 0.1) is 5.92 Å². The lowest BCUT2D eigenvalue weighted by Gasteiger charge is -2.20. The molecule has 0 bridgehead atoms. The summed E-state index contributed by atoms with van der Waals surface area (Å²) in [6, 6.07) is 4.44. The summed E-state index contributed by atoms with van der Waals surface area (Å²) < 4.78 is 7.27. The van der Waals surface area contributed by atoms with Crippen molar-refractivity contribution in [2.24, 2.45) is 5.92 Å². The van der Waals surface area contributed by atoms with E-state index < -0.39 is 0 Å². The summed E-state index contributed by atoms with van der Waals surface area (Å²) in [5.41, 5.74) is 10.1. The number of esters is 1. The Morgan fingerprint density at radius 3 is 2.77 bits per heavy atom. The van der Waals surface area contributed by atoms with Crippen molar-refractivity contribution in [3.63, 3.8) is 0 Å². The van der Waals surface area contributed by atoms with Gasteiger partial charge in [-0.15, -0.1) is 0 Å². The first-order valence-electron chi connectivity index (χ1n) is 9.68. The molecule has 1 atom stereocenters. The molecule has 2 N–H and O–H groups in total. The van der Waals surface area contributed by atoms with Gasteiger partial charge in [0.05, 0.1) is 18.2 Å². The van der Waals surface area contributed by atoms with Crippen LogP contribution < -0.4 is 5.73 Å². The number of carbonyl (C=O) groups excluding carboxylic acids is 1. The van der Waals surface area contributed by atoms with Crippen LogP contribution in [0.5, 0.6) is 0 Å². The van der Waals surface area contributed by atoms with Crippen molar-refractivity contribution in [3.05, 3.63) is 23.9 Å². The molecule has 2 aromatic rings. The molecule has 26 heavy (non-hydrogen) atoms. The van der Waals surface area contributed by atoms with E-state index in [1.165, 1.54) is 18.4 Å². The molecule has 4 rings (SSSR count). The first-order chi connectivity index (χ1) is 12.7. The van der Waals surface area contributed by atoms with Gasteiger partial charge in [0.25, 0.3) is 0 Å². The fraction of sp³-hybridized carbons (Fsp3) is 0.550. The second-order valence-electron chi connectivity index (χ2n) is 7.27. The molecule has 138 valence electrons.